The van der Waals surface area contributed by atoms with Crippen LogP contribution >= 0.6 is 0 Å². The van der Waals surface area contributed by atoms with Gasteiger partial charge in [0.25, 0.3) is 0 Å². The SMILES string of the molecule is CCC(O)C(CO)(CCO)C(C)C. The van der Waals surface area contributed by atoms with Crippen molar-refractivity contribution in [3.63, 3.8) is 0 Å². The molecular weight excluding hydrogens is 168 g/mol. The van der Waals surface area contributed by atoms with Crippen molar-refractivity contribution in [3.8, 4) is 0 Å². The standard InChI is InChI=1S/C10H22O3/c1-4-9(13)10(7-12,5-6-11)8(2)3/h8-9,11-13H,4-7H2,1-3H3. The van der Waals surface area contributed by atoms with Crippen molar-refractivity contribution in [1.82, 2.24) is 0 Å². The molecule has 2 atom stereocenters. The Morgan fingerprint density at radius 1 is 1.23 bits per heavy atom. The van der Waals surface area contributed by atoms with E-state index in [4.69, 9.17) is 5.11 Å². The van der Waals surface area contributed by atoms with Crippen molar-refractivity contribution in [1.29, 1.82) is 0 Å². The molecule has 0 aromatic rings. The smallest absolute Gasteiger partial charge is 0.0619 e. The van der Waals surface area contributed by atoms with E-state index in [0.29, 0.717) is 12.8 Å². The molecule has 0 aromatic heterocycles. The van der Waals surface area contributed by atoms with Crippen LogP contribution in [0.15, 0.2) is 0 Å². The van der Waals surface area contributed by atoms with Gasteiger partial charge in [-0.1, -0.05) is 20.8 Å². The molecule has 3 nitrogen and oxygen atoms in total. The molecule has 0 saturated heterocycles. The second kappa shape index (κ2) is 5.58. The Bertz CT molecular complexity index is 136. The molecule has 0 radical (unpaired) electrons. The van der Waals surface area contributed by atoms with E-state index in [0.717, 1.165) is 0 Å². The summed E-state index contributed by atoms with van der Waals surface area (Å²) >= 11 is 0. The highest BCUT2D eigenvalue weighted by Crippen LogP contribution is 2.36. The summed E-state index contributed by atoms with van der Waals surface area (Å²) in [7, 11) is 0. The van der Waals surface area contributed by atoms with Crippen LogP contribution in [-0.2, 0) is 0 Å². The fraction of sp³-hybridized carbons (Fsp3) is 1.00. The maximum atomic E-state index is 9.80. The maximum absolute atomic E-state index is 9.80. The molecular formula is C10H22O3. The Labute approximate surface area is 80.4 Å². The molecule has 0 aromatic carbocycles. The summed E-state index contributed by atoms with van der Waals surface area (Å²) in [5.74, 6) is 0.166. The van der Waals surface area contributed by atoms with Crippen molar-refractivity contribution in [2.24, 2.45) is 11.3 Å². The largest absolute Gasteiger partial charge is 0.396 e. The molecule has 80 valence electrons. The van der Waals surface area contributed by atoms with Crippen LogP contribution in [0.3, 0.4) is 0 Å². The van der Waals surface area contributed by atoms with Crippen molar-refractivity contribution in [3.05, 3.63) is 0 Å². The number of rotatable bonds is 6. The van der Waals surface area contributed by atoms with E-state index < -0.39 is 11.5 Å². The van der Waals surface area contributed by atoms with Crippen LogP contribution in [0.2, 0.25) is 0 Å². The van der Waals surface area contributed by atoms with Gasteiger partial charge in [-0.05, 0) is 18.8 Å². The van der Waals surface area contributed by atoms with Gasteiger partial charge in [-0.3, -0.25) is 0 Å². The highest BCUT2D eigenvalue weighted by molar-refractivity contribution is 4.87. The molecule has 0 aliphatic carbocycles. The minimum Gasteiger partial charge on any atom is -0.396 e. The van der Waals surface area contributed by atoms with Gasteiger partial charge in [-0.15, -0.1) is 0 Å². The van der Waals surface area contributed by atoms with Crippen molar-refractivity contribution >= 4 is 0 Å². The molecule has 0 bridgehead atoms. The summed E-state index contributed by atoms with van der Waals surface area (Å²) in [5.41, 5.74) is -0.538. The van der Waals surface area contributed by atoms with Crippen LogP contribution in [0.4, 0.5) is 0 Å². The van der Waals surface area contributed by atoms with E-state index in [1.54, 1.807) is 0 Å². The molecule has 0 aliphatic heterocycles. The van der Waals surface area contributed by atoms with Crippen LogP contribution in [0.5, 0.6) is 0 Å². The van der Waals surface area contributed by atoms with E-state index in [1.165, 1.54) is 0 Å². The topological polar surface area (TPSA) is 60.7 Å². The molecule has 0 spiro atoms. The number of hydrogen-bond acceptors (Lipinski definition) is 3. The van der Waals surface area contributed by atoms with E-state index in [9.17, 15) is 10.2 Å². The summed E-state index contributed by atoms with van der Waals surface area (Å²) in [6.45, 7) is 5.75. The maximum Gasteiger partial charge on any atom is 0.0619 e. The van der Waals surface area contributed by atoms with Crippen molar-refractivity contribution in [2.45, 2.75) is 39.7 Å². The molecule has 0 aliphatic rings. The first kappa shape index (κ1) is 12.9. The second-order valence-electron chi connectivity index (χ2n) is 3.94. The molecule has 0 heterocycles. The lowest BCUT2D eigenvalue weighted by Crippen LogP contribution is -2.43. The van der Waals surface area contributed by atoms with Crippen molar-refractivity contribution in [2.75, 3.05) is 13.2 Å². The lowest BCUT2D eigenvalue weighted by molar-refractivity contribution is -0.0650. The van der Waals surface area contributed by atoms with Crippen LogP contribution in [-0.4, -0.2) is 34.6 Å². The lowest BCUT2D eigenvalue weighted by Gasteiger charge is -2.39. The van der Waals surface area contributed by atoms with Gasteiger partial charge in [0, 0.05) is 12.0 Å². The molecule has 0 amide bonds. The van der Waals surface area contributed by atoms with E-state index in [-0.39, 0.29) is 19.1 Å². The van der Waals surface area contributed by atoms with Crippen LogP contribution in [0.1, 0.15) is 33.6 Å². The zero-order valence-electron chi connectivity index (χ0n) is 8.82. The predicted molar refractivity (Wildman–Crippen MR) is 52.4 cm³/mol. The lowest BCUT2D eigenvalue weighted by atomic mass is 9.70. The van der Waals surface area contributed by atoms with Gasteiger partial charge in [-0.2, -0.15) is 0 Å². The third-order valence-corrected chi connectivity index (χ3v) is 3.07. The highest BCUT2D eigenvalue weighted by atomic mass is 16.3. The summed E-state index contributed by atoms with van der Waals surface area (Å²) in [5, 5.41) is 28.0. The first-order valence-electron chi connectivity index (χ1n) is 4.95. The van der Waals surface area contributed by atoms with Gasteiger partial charge < -0.3 is 15.3 Å². The van der Waals surface area contributed by atoms with Crippen LogP contribution < -0.4 is 0 Å². The molecule has 2 unspecified atom stereocenters. The molecule has 0 fully saturated rings. The highest BCUT2D eigenvalue weighted by Gasteiger charge is 2.38. The third kappa shape index (κ3) is 2.66. The number of aliphatic hydroxyl groups excluding tert-OH is 3. The minimum absolute atomic E-state index is 0.00972. The summed E-state index contributed by atoms with van der Waals surface area (Å²) in [6, 6.07) is 0. The average Bonchev–Trinajstić information content (AvgIpc) is 2.12. The second-order valence-corrected chi connectivity index (χ2v) is 3.94. The van der Waals surface area contributed by atoms with Crippen LogP contribution in [0, 0.1) is 11.3 Å². The number of hydrogen-bond donors (Lipinski definition) is 3. The zero-order valence-corrected chi connectivity index (χ0v) is 8.82. The van der Waals surface area contributed by atoms with Gasteiger partial charge in [0.05, 0.1) is 12.7 Å². The van der Waals surface area contributed by atoms with Gasteiger partial charge in [0.1, 0.15) is 0 Å². The fourth-order valence-corrected chi connectivity index (χ4v) is 1.82. The molecule has 13 heavy (non-hydrogen) atoms. The van der Waals surface area contributed by atoms with Gasteiger partial charge >= 0.3 is 0 Å². The first-order valence-corrected chi connectivity index (χ1v) is 4.95. The minimum atomic E-state index is -0.538. The zero-order chi connectivity index (χ0) is 10.5. The Balaban J connectivity index is 4.63. The van der Waals surface area contributed by atoms with Crippen molar-refractivity contribution < 1.29 is 15.3 Å². The Morgan fingerprint density at radius 2 is 1.77 bits per heavy atom. The third-order valence-electron chi connectivity index (χ3n) is 3.07. The monoisotopic (exact) mass is 190 g/mol. The van der Waals surface area contributed by atoms with E-state index in [2.05, 4.69) is 0 Å². The molecule has 3 N–H and O–H groups in total. The summed E-state index contributed by atoms with van der Waals surface area (Å²) in [6.07, 6.45) is 0.527. The first-order chi connectivity index (χ1) is 6.05. The molecule has 0 saturated carbocycles. The van der Waals surface area contributed by atoms with Gasteiger partial charge in [0.15, 0.2) is 0 Å². The van der Waals surface area contributed by atoms with E-state index >= 15 is 0 Å². The quantitative estimate of drug-likeness (QED) is 0.580. The Kier molecular flexibility index (Phi) is 5.53. The normalized spacial score (nSPS) is 18.7. The van der Waals surface area contributed by atoms with Crippen LogP contribution in [0.25, 0.3) is 0 Å². The number of aliphatic hydroxyl groups is 3. The molecule has 3 heteroatoms. The van der Waals surface area contributed by atoms with Gasteiger partial charge in [0.2, 0.25) is 0 Å². The summed E-state index contributed by atoms with van der Waals surface area (Å²) in [4.78, 5) is 0. The van der Waals surface area contributed by atoms with E-state index in [1.807, 2.05) is 20.8 Å². The Morgan fingerprint density at radius 3 is 2.00 bits per heavy atom. The average molecular weight is 190 g/mol. The molecule has 0 rings (SSSR count). The fourth-order valence-electron chi connectivity index (χ4n) is 1.82. The predicted octanol–water partition coefficient (Wildman–Crippen LogP) is 0.774. The van der Waals surface area contributed by atoms with Gasteiger partial charge in [-0.25, -0.2) is 0 Å². The summed E-state index contributed by atoms with van der Waals surface area (Å²) < 4.78 is 0. The Hall–Kier alpha value is -0.120.